The van der Waals surface area contributed by atoms with Gasteiger partial charge in [0.2, 0.25) is 5.91 Å². The minimum Gasteiger partial charge on any atom is -0.493 e. The molecule has 0 unspecified atom stereocenters. The highest BCUT2D eigenvalue weighted by Crippen LogP contribution is 2.33. The van der Waals surface area contributed by atoms with E-state index in [1.54, 1.807) is 31.3 Å². The Bertz CT molecular complexity index is 918. The molecule has 3 rings (SSSR count). The Kier molecular flexibility index (Phi) is 7.57. The molecule has 1 fully saturated rings. The summed E-state index contributed by atoms with van der Waals surface area (Å²) >= 11 is 3.52. The van der Waals surface area contributed by atoms with Gasteiger partial charge in [-0.25, -0.2) is 0 Å². The summed E-state index contributed by atoms with van der Waals surface area (Å²) in [6.45, 7) is 1.08. The first kappa shape index (κ1) is 22.0. The van der Waals surface area contributed by atoms with Crippen LogP contribution in [0, 0.1) is 0 Å². The van der Waals surface area contributed by atoms with E-state index in [1.807, 2.05) is 24.3 Å². The molecule has 1 heterocycles. The van der Waals surface area contributed by atoms with Gasteiger partial charge in [-0.1, -0.05) is 22.0 Å². The molecule has 30 heavy (non-hydrogen) atoms. The molecular formula is C22H25BrN2O5. The number of rotatable bonds is 9. The molecule has 1 aliphatic rings. The van der Waals surface area contributed by atoms with Crippen LogP contribution in [0.15, 0.2) is 40.9 Å². The lowest BCUT2D eigenvalue weighted by atomic mass is 10.1. The molecule has 0 spiro atoms. The average Bonchev–Trinajstić information content (AvgIpc) is 3.19. The van der Waals surface area contributed by atoms with E-state index in [4.69, 9.17) is 14.2 Å². The van der Waals surface area contributed by atoms with Gasteiger partial charge in [-0.3, -0.25) is 9.59 Å². The summed E-state index contributed by atoms with van der Waals surface area (Å²) in [5, 5.41) is 2.85. The predicted molar refractivity (Wildman–Crippen MR) is 117 cm³/mol. The van der Waals surface area contributed by atoms with E-state index in [2.05, 4.69) is 21.2 Å². The number of nitrogens with one attached hydrogen (secondary N) is 1. The van der Waals surface area contributed by atoms with Crippen LogP contribution >= 0.6 is 15.9 Å². The Morgan fingerprint density at radius 3 is 2.63 bits per heavy atom. The van der Waals surface area contributed by atoms with Crippen LogP contribution in [0.4, 0.5) is 5.69 Å². The first-order chi connectivity index (χ1) is 14.5. The smallest absolute Gasteiger partial charge is 0.257 e. The molecule has 0 radical (unpaired) electrons. The second-order valence-electron chi connectivity index (χ2n) is 6.83. The van der Waals surface area contributed by atoms with Gasteiger partial charge in [0.05, 0.1) is 14.2 Å². The average molecular weight is 477 g/mol. The van der Waals surface area contributed by atoms with E-state index in [0.29, 0.717) is 43.2 Å². The van der Waals surface area contributed by atoms with Gasteiger partial charge in [-0.15, -0.1) is 0 Å². The summed E-state index contributed by atoms with van der Waals surface area (Å²) in [7, 11) is 3.17. The second kappa shape index (κ2) is 10.3. The highest BCUT2D eigenvalue weighted by molar-refractivity contribution is 9.10. The fourth-order valence-corrected chi connectivity index (χ4v) is 3.81. The van der Waals surface area contributed by atoms with Crippen LogP contribution in [0.1, 0.15) is 18.4 Å². The topological polar surface area (TPSA) is 77.1 Å². The summed E-state index contributed by atoms with van der Waals surface area (Å²) in [6.07, 6.45) is 2.06. The zero-order chi connectivity index (χ0) is 21.5. The molecule has 0 saturated carbocycles. The molecule has 7 nitrogen and oxygen atoms in total. The van der Waals surface area contributed by atoms with Crippen molar-refractivity contribution in [1.82, 2.24) is 5.32 Å². The Balaban J connectivity index is 1.48. The minimum atomic E-state index is -0.214. The highest BCUT2D eigenvalue weighted by Gasteiger charge is 2.21. The number of nitrogens with zero attached hydrogens (tertiary/aromatic N) is 1. The zero-order valence-electron chi connectivity index (χ0n) is 17.1. The Morgan fingerprint density at radius 2 is 1.93 bits per heavy atom. The van der Waals surface area contributed by atoms with Crippen LogP contribution in [0.3, 0.4) is 0 Å². The molecule has 0 aliphatic carbocycles. The zero-order valence-corrected chi connectivity index (χ0v) is 18.7. The van der Waals surface area contributed by atoms with E-state index < -0.39 is 0 Å². The lowest BCUT2D eigenvalue weighted by Gasteiger charge is -2.16. The van der Waals surface area contributed by atoms with Gasteiger partial charge in [0.15, 0.2) is 18.1 Å². The largest absolute Gasteiger partial charge is 0.493 e. The number of methoxy groups -OCH3 is 2. The van der Waals surface area contributed by atoms with Crippen molar-refractivity contribution in [2.24, 2.45) is 0 Å². The molecule has 0 atom stereocenters. The standard InChI is InChI=1S/C22H25BrN2O5/c1-28-19-11-15(18(23)13-20(19)29-2)8-9-24-21(26)14-30-17-6-3-5-16(12-17)25-10-4-7-22(25)27/h3,5-6,11-13H,4,7-10,14H2,1-2H3,(H,24,26). The molecule has 1 N–H and O–H groups in total. The van der Waals surface area contributed by atoms with Crippen LogP contribution in [-0.4, -0.2) is 45.7 Å². The highest BCUT2D eigenvalue weighted by atomic mass is 79.9. The van der Waals surface area contributed by atoms with Gasteiger partial charge in [0, 0.05) is 35.7 Å². The number of anilines is 1. The van der Waals surface area contributed by atoms with E-state index in [0.717, 1.165) is 22.1 Å². The number of hydrogen-bond acceptors (Lipinski definition) is 5. The second-order valence-corrected chi connectivity index (χ2v) is 7.69. The number of benzene rings is 2. The maximum Gasteiger partial charge on any atom is 0.257 e. The summed E-state index contributed by atoms with van der Waals surface area (Å²) in [5.74, 6) is 1.75. The molecule has 1 saturated heterocycles. The van der Waals surface area contributed by atoms with Crippen molar-refractivity contribution >= 4 is 33.4 Å². The maximum atomic E-state index is 12.2. The molecule has 2 aromatic rings. The number of ether oxygens (including phenoxy) is 3. The fourth-order valence-electron chi connectivity index (χ4n) is 3.29. The van der Waals surface area contributed by atoms with Crippen molar-refractivity contribution in [3.8, 4) is 17.2 Å². The van der Waals surface area contributed by atoms with Gasteiger partial charge in [-0.2, -0.15) is 0 Å². The predicted octanol–water partition coefficient (Wildman–Crippen LogP) is 3.33. The number of carbonyl (C=O) groups is 2. The minimum absolute atomic E-state index is 0.0928. The third kappa shape index (κ3) is 5.44. The van der Waals surface area contributed by atoms with Crippen LogP contribution in [0.2, 0.25) is 0 Å². The van der Waals surface area contributed by atoms with Gasteiger partial charge in [0.1, 0.15) is 5.75 Å². The first-order valence-corrected chi connectivity index (χ1v) is 10.5. The molecule has 0 bridgehead atoms. The lowest BCUT2D eigenvalue weighted by molar-refractivity contribution is -0.123. The molecular weight excluding hydrogens is 452 g/mol. The third-order valence-corrected chi connectivity index (χ3v) is 5.58. The van der Waals surface area contributed by atoms with E-state index in [1.165, 1.54) is 0 Å². The van der Waals surface area contributed by atoms with Crippen LogP contribution < -0.4 is 24.4 Å². The SMILES string of the molecule is COc1cc(Br)c(CCNC(=O)COc2cccc(N3CCCC3=O)c2)cc1OC. The molecule has 8 heteroatoms. The number of hydrogen-bond donors (Lipinski definition) is 1. The monoisotopic (exact) mass is 476 g/mol. The number of halogens is 1. The Labute approximate surface area is 184 Å². The first-order valence-electron chi connectivity index (χ1n) is 9.72. The Hall–Kier alpha value is -2.74. The third-order valence-electron chi connectivity index (χ3n) is 4.84. The lowest BCUT2D eigenvalue weighted by Crippen LogP contribution is -2.30. The summed E-state index contributed by atoms with van der Waals surface area (Å²) < 4.78 is 17.1. The number of amides is 2. The molecule has 0 aromatic heterocycles. The Morgan fingerprint density at radius 1 is 1.17 bits per heavy atom. The number of carbonyl (C=O) groups excluding carboxylic acids is 2. The van der Waals surface area contributed by atoms with Crippen molar-refractivity contribution in [3.05, 3.63) is 46.4 Å². The van der Waals surface area contributed by atoms with Crippen LogP contribution in [0.25, 0.3) is 0 Å². The van der Waals surface area contributed by atoms with E-state index in [9.17, 15) is 9.59 Å². The quantitative estimate of drug-likeness (QED) is 0.600. The van der Waals surface area contributed by atoms with Crippen molar-refractivity contribution in [2.45, 2.75) is 19.3 Å². The summed E-state index contributed by atoms with van der Waals surface area (Å²) in [5.41, 5.74) is 1.80. The van der Waals surface area contributed by atoms with Gasteiger partial charge >= 0.3 is 0 Å². The van der Waals surface area contributed by atoms with Crippen molar-refractivity contribution in [3.63, 3.8) is 0 Å². The molecule has 2 aromatic carbocycles. The van der Waals surface area contributed by atoms with Crippen LogP contribution in [-0.2, 0) is 16.0 Å². The summed E-state index contributed by atoms with van der Waals surface area (Å²) in [4.78, 5) is 25.8. The molecule has 160 valence electrons. The normalized spacial score (nSPS) is 13.3. The van der Waals surface area contributed by atoms with Gasteiger partial charge in [-0.05, 0) is 42.7 Å². The van der Waals surface area contributed by atoms with Crippen molar-refractivity contribution in [1.29, 1.82) is 0 Å². The summed E-state index contributed by atoms with van der Waals surface area (Å²) in [6, 6.07) is 11.0. The maximum absolute atomic E-state index is 12.2. The molecule has 2 amide bonds. The van der Waals surface area contributed by atoms with Gasteiger partial charge < -0.3 is 24.4 Å². The van der Waals surface area contributed by atoms with Crippen molar-refractivity contribution in [2.75, 3.05) is 38.8 Å². The fraction of sp³-hybridized carbons (Fsp3) is 0.364. The molecule has 1 aliphatic heterocycles. The van der Waals surface area contributed by atoms with Crippen LogP contribution in [0.5, 0.6) is 17.2 Å². The van der Waals surface area contributed by atoms with E-state index >= 15 is 0 Å². The van der Waals surface area contributed by atoms with Gasteiger partial charge in [0.25, 0.3) is 5.91 Å². The van der Waals surface area contributed by atoms with E-state index in [-0.39, 0.29) is 18.4 Å². The van der Waals surface area contributed by atoms with Crippen molar-refractivity contribution < 1.29 is 23.8 Å².